The van der Waals surface area contributed by atoms with Crippen LogP contribution < -0.4 is 20.7 Å². The van der Waals surface area contributed by atoms with Crippen LogP contribution in [0.3, 0.4) is 0 Å². The minimum absolute atomic E-state index is 0.124. The second-order valence-electron chi connectivity index (χ2n) is 8.62. The third-order valence-electron chi connectivity index (χ3n) is 6.05. The van der Waals surface area contributed by atoms with Gasteiger partial charge < -0.3 is 30.2 Å². The number of nitrogens with one attached hydrogen (secondary N) is 1. The highest BCUT2D eigenvalue weighted by Crippen LogP contribution is 2.29. The molecule has 1 saturated heterocycles. The van der Waals surface area contributed by atoms with E-state index in [0.717, 1.165) is 0 Å². The van der Waals surface area contributed by atoms with Crippen LogP contribution in [0.15, 0.2) is 34.9 Å². The standard InChI is InChI=1S/C23H25F2N9O4/c1-13(20(35)36)38-18-12-16(14(24)11-15(18)25)33-8-6-32(7-9-33)5-4-27-22-29-21(26)34-23(30-22)28-19(31-34)17-3-2-10-37-17/h2-3,10-13H,4-9H2,1H3,(H,35,36)(H3,26,27,28,29,30,31). The molecule has 0 radical (unpaired) electrons. The molecule has 200 valence electrons. The number of piperazine rings is 1. The van der Waals surface area contributed by atoms with E-state index in [4.69, 9.17) is 20.0 Å². The summed E-state index contributed by atoms with van der Waals surface area (Å²) < 4.78 is 40.4. The quantitative estimate of drug-likeness (QED) is 0.288. The largest absolute Gasteiger partial charge is 0.479 e. The van der Waals surface area contributed by atoms with Crippen molar-refractivity contribution < 1.29 is 27.8 Å². The number of nitrogens with zero attached hydrogens (tertiary/aromatic N) is 7. The first-order chi connectivity index (χ1) is 18.3. The van der Waals surface area contributed by atoms with Crippen molar-refractivity contribution in [1.29, 1.82) is 0 Å². The Hall–Kier alpha value is -4.53. The van der Waals surface area contributed by atoms with E-state index in [-0.39, 0.29) is 23.2 Å². The third kappa shape index (κ3) is 5.27. The van der Waals surface area contributed by atoms with Crippen molar-refractivity contribution in [2.45, 2.75) is 13.0 Å². The number of furan rings is 1. The minimum Gasteiger partial charge on any atom is -0.479 e. The molecular weight excluding hydrogens is 504 g/mol. The molecule has 1 unspecified atom stereocenters. The fourth-order valence-corrected chi connectivity index (χ4v) is 4.02. The predicted molar refractivity (Wildman–Crippen MR) is 132 cm³/mol. The SMILES string of the molecule is CC(Oc1cc(N2CCN(CCNc3nc(N)n4nc(-c5ccco5)nc4n3)CC2)c(F)cc1F)C(=O)O. The van der Waals surface area contributed by atoms with Gasteiger partial charge in [0.1, 0.15) is 5.82 Å². The number of benzene rings is 1. The van der Waals surface area contributed by atoms with Gasteiger partial charge in [0.15, 0.2) is 23.4 Å². The van der Waals surface area contributed by atoms with E-state index in [1.54, 1.807) is 17.0 Å². The number of carboxylic acids is 1. The molecule has 5 rings (SSSR count). The van der Waals surface area contributed by atoms with Crippen molar-refractivity contribution in [1.82, 2.24) is 29.5 Å². The number of aliphatic carboxylic acids is 1. The van der Waals surface area contributed by atoms with E-state index < -0.39 is 23.7 Å². The summed E-state index contributed by atoms with van der Waals surface area (Å²) >= 11 is 0. The molecule has 1 aliphatic heterocycles. The first-order valence-corrected chi connectivity index (χ1v) is 11.8. The van der Waals surface area contributed by atoms with Gasteiger partial charge in [-0.1, -0.05) is 0 Å². The number of ether oxygens (including phenoxy) is 1. The second kappa shape index (κ2) is 10.5. The summed E-state index contributed by atoms with van der Waals surface area (Å²) in [6, 6.07) is 5.38. The molecule has 3 aromatic heterocycles. The van der Waals surface area contributed by atoms with Gasteiger partial charge in [0.2, 0.25) is 17.7 Å². The van der Waals surface area contributed by atoms with Crippen molar-refractivity contribution in [3.05, 3.63) is 42.2 Å². The normalized spacial score (nSPS) is 15.1. The van der Waals surface area contributed by atoms with E-state index in [0.29, 0.717) is 62.9 Å². The van der Waals surface area contributed by atoms with Crippen LogP contribution in [0.5, 0.6) is 5.75 Å². The van der Waals surface area contributed by atoms with E-state index in [1.807, 2.05) is 0 Å². The Bertz CT molecular complexity index is 1440. The molecule has 4 aromatic rings. The maximum absolute atomic E-state index is 14.5. The number of aromatic nitrogens is 5. The molecule has 0 bridgehead atoms. The number of fused-ring (bicyclic) bond motifs is 1. The number of rotatable bonds is 9. The average molecular weight is 530 g/mol. The van der Waals surface area contributed by atoms with Crippen molar-refractivity contribution in [3.8, 4) is 17.3 Å². The molecule has 1 atom stereocenters. The molecule has 0 aliphatic carbocycles. The van der Waals surface area contributed by atoms with E-state index in [1.165, 1.54) is 23.8 Å². The number of halogens is 2. The summed E-state index contributed by atoms with van der Waals surface area (Å²) in [5.74, 6) is -1.69. The third-order valence-corrected chi connectivity index (χ3v) is 6.05. The van der Waals surface area contributed by atoms with Crippen LogP contribution in [-0.2, 0) is 4.79 Å². The Morgan fingerprint density at radius 3 is 2.71 bits per heavy atom. The van der Waals surface area contributed by atoms with Gasteiger partial charge in [-0.15, -0.1) is 5.10 Å². The number of hydrogen-bond donors (Lipinski definition) is 3. The van der Waals surface area contributed by atoms with Gasteiger partial charge in [0.05, 0.1) is 12.0 Å². The Kier molecular flexibility index (Phi) is 6.91. The summed E-state index contributed by atoms with van der Waals surface area (Å²) in [4.78, 5) is 27.9. The fraction of sp³-hybridized carbons (Fsp3) is 0.348. The number of nitrogens with two attached hydrogens (primary N) is 1. The lowest BCUT2D eigenvalue weighted by Gasteiger charge is -2.36. The lowest BCUT2D eigenvalue weighted by Crippen LogP contribution is -2.48. The van der Waals surface area contributed by atoms with Crippen LogP contribution in [0.25, 0.3) is 17.4 Å². The zero-order valence-electron chi connectivity index (χ0n) is 20.3. The minimum atomic E-state index is -1.27. The number of carbonyl (C=O) groups is 1. The molecule has 0 spiro atoms. The highest BCUT2D eigenvalue weighted by atomic mass is 19.1. The molecule has 13 nitrogen and oxygen atoms in total. The Labute approximate surface area is 214 Å². The predicted octanol–water partition coefficient (Wildman–Crippen LogP) is 1.73. The Balaban J connectivity index is 1.16. The zero-order valence-corrected chi connectivity index (χ0v) is 20.3. The lowest BCUT2D eigenvalue weighted by atomic mass is 10.2. The van der Waals surface area contributed by atoms with Crippen molar-refractivity contribution in [2.24, 2.45) is 0 Å². The van der Waals surface area contributed by atoms with Crippen LogP contribution in [0, 0.1) is 11.6 Å². The van der Waals surface area contributed by atoms with Crippen LogP contribution >= 0.6 is 0 Å². The van der Waals surface area contributed by atoms with Gasteiger partial charge >= 0.3 is 5.97 Å². The maximum atomic E-state index is 14.5. The van der Waals surface area contributed by atoms with Gasteiger partial charge in [-0.2, -0.15) is 19.5 Å². The topological polar surface area (TPSA) is 160 Å². The summed E-state index contributed by atoms with van der Waals surface area (Å²) in [5, 5.41) is 16.4. The molecule has 38 heavy (non-hydrogen) atoms. The van der Waals surface area contributed by atoms with Gasteiger partial charge in [-0.3, -0.25) is 4.90 Å². The van der Waals surface area contributed by atoms with Crippen LogP contribution in [0.2, 0.25) is 0 Å². The highest BCUT2D eigenvalue weighted by Gasteiger charge is 2.23. The highest BCUT2D eigenvalue weighted by molar-refractivity contribution is 5.72. The molecule has 0 amide bonds. The number of nitrogen functional groups attached to an aromatic ring is 1. The Morgan fingerprint density at radius 2 is 2.00 bits per heavy atom. The smallest absolute Gasteiger partial charge is 0.344 e. The van der Waals surface area contributed by atoms with E-state index >= 15 is 0 Å². The summed E-state index contributed by atoms with van der Waals surface area (Å²) in [7, 11) is 0. The van der Waals surface area contributed by atoms with Gasteiger partial charge in [0, 0.05) is 51.4 Å². The van der Waals surface area contributed by atoms with Gasteiger partial charge in [-0.25, -0.2) is 13.6 Å². The molecular formula is C23H25F2N9O4. The molecule has 1 fully saturated rings. The van der Waals surface area contributed by atoms with E-state index in [2.05, 4.69) is 30.3 Å². The van der Waals surface area contributed by atoms with Crippen molar-refractivity contribution in [2.75, 3.05) is 55.2 Å². The first kappa shape index (κ1) is 25.1. The summed E-state index contributed by atoms with van der Waals surface area (Å²) in [6.07, 6.45) is 0.253. The monoisotopic (exact) mass is 529 g/mol. The number of carboxylic acid groups (broad SMARTS) is 1. The number of hydrogen-bond acceptors (Lipinski definition) is 11. The van der Waals surface area contributed by atoms with Gasteiger partial charge in [0.25, 0.3) is 5.78 Å². The molecule has 4 heterocycles. The molecule has 0 saturated carbocycles. The summed E-state index contributed by atoms with van der Waals surface area (Å²) in [5.41, 5.74) is 6.18. The van der Waals surface area contributed by atoms with E-state index in [9.17, 15) is 13.6 Å². The fourth-order valence-electron chi connectivity index (χ4n) is 4.02. The van der Waals surface area contributed by atoms with Crippen LogP contribution in [0.1, 0.15) is 6.92 Å². The van der Waals surface area contributed by atoms with Crippen LogP contribution in [-0.4, -0.2) is 85.9 Å². The molecule has 1 aromatic carbocycles. The molecule has 4 N–H and O–H groups in total. The van der Waals surface area contributed by atoms with Crippen molar-refractivity contribution >= 4 is 29.3 Å². The number of anilines is 3. The zero-order chi connectivity index (χ0) is 26.8. The average Bonchev–Trinajstić information content (AvgIpc) is 3.57. The first-order valence-electron chi connectivity index (χ1n) is 11.8. The molecule has 15 heteroatoms. The molecule has 1 aliphatic rings. The maximum Gasteiger partial charge on any atom is 0.344 e. The van der Waals surface area contributed by atoms with Crippen molar-refractivity contribution in [3.63, 3.8) is 0 Å². The lowest BCUT2D eigenvalue weighted by molar-refractivity contribution is -0.144. The summed E-state index contributed by atoms with van der Waals surface area (Å²) in [6.45, 7) is 4.67. The van der Waals surface area contributed by atoms with Crippen LogP contribution in [0.4, 0.5) is 26.4 Å². The Morgan fingerprint density at radius 1 is 1.21 bits per heavy atom. The van der Waals surface area contributed by atoms with Gasteiger partial charge in [-0.05, 0) is 19.1 Å². The second-order valence-corrected chi connectivity index (χ2v) is 8.62.